The third-order valence-corrected chi connectivity index (χ3v) is 1.50. The van der Waals surface area contributed by atoms with Crippen molar-refractivity contribution < 1.29 is 13.7 Å². The van der Waals surface area contributed by atoms with Gasteiger partial charge in [0.15, 0.2) is 5.76 Å². The van der Waals surface area contributed by atoms with Crippen molar-refractivity contribution in [2.24, 2.45) is 0 Å². The smallest absolute Gasteiger partial charge is 0.291 e. The summed E-state index contributed by atoms with van der Waals surface area (Å²) in [4.78, 5) is 14.0. The van der Waals surface area contributed by atoms with Gasteiger partial charge in [0.25, 0.3) is 5.89 Å². The van der Waals surface area contributed by atoms with Gasteiger partial charge >= 0.3 is 0 Å². The van der Waals surface area contributed by atoms with Gasteiger partial charge in [-0.15, -0.1) is 0 Å². The fourth-order valence-corrected chi connectivity index (χ4v) is 0.938. The van der Waals surface area contributed by atoms with E-state index in [-0.39, 0.29) is 11.7 Å². The van der Waals surface area contributed by atoms with Crippen LogP contribution in [0, 0.1) is 6.92 Å². The first-order chi connectivity index (χ1) is 6.29. The molecule has 0 aliphatic heterocycles. The first-order valence-electron chi connectivity index (χ1n) is 3.65. The lowest BCUT2D eigenvalue weighted by Crippen LogP contribution is -1.78. The zero-order valence-electron chi connectivity index (χ0n) is 6.85. The van der Waals surface area contributed by atoms with E-state index >= 15 is 0 Å². The second-order valence-corrected chi connectivity index (χ2v) is 2.48. The summed E-state index contributed by atoms with van der Waals surface area (Å²) < 4.78 is 9.81. The second-order valence-electron chi connectivity index (χ2n) is 2.48. The number of aldehydes is 1. The average molecular weight is 178 g/mol. The van der Waals surface area contributed by atoms with Crippen molar-refractivity contribution in [1.29, 1.82) is 0 Å². The van der Waals surface area contributed by atoms with Gasteiger partial charge in [-0.25, -0.2) is 0 Å². The second kappa shape index (κ2) is 2.85. The van der Waals surface area contributed by atoms with E-state index in [0.29, 0.717) is 12.0 Å². The lowest BCUT2D eigenvalue weighted by Gasteiger charge is -1.83. The lowest BCUT2D eigenvalue weighted by molar-refractivity contribution is 0.108. The van der Waals surface area contributed by atoms with Gasteiger partial charge in [0.2, 0.25) is 12.1 Å². The fraction of sp³-hybridized carbons (Fsp3) is 0.125. The molecule has 66 valence electrons. The van der Waals surface area contributed by atoms with Crippen LogP contribution in [0.25, 0.3) is 11.6 Å². The molecule has 0 radical (unpaired) electrons. The van der Waals surface area contributed by atoms with Crippen LogP contribution < -0.4 is 0 Å². The van der Waals surface area contributed by atoms with Crippen molar-refractivity contribution in [2.45, 2.75) is 6.92 Å². The molecule has 5 heteroatoms. The zero-order valence-corrected chi connectivity index (χ0v) is 6.85. The average Bonchev–Trinajstić information content (AvgIpc) is 2.71. The number of aromatic nitrogens is 2. The largest absolute Gasteiger partial charge is 0.458 e. The number of carbonyl (C=O) groups is 1. The van der Waals surface area contributed by atoms with Crippen LogP contribution in [-0.2, 0) is 0 Å². The van der Waals surface area contributed by atoms with E-state index in [0.717, 1.165) is 5.76 Å². The van der Waals surface area contributed by atoms with Gasteiger partial charge < -0.3 is 8.94 Å². The van der Waals surface area contributed by atoms with Crippen LogP contribution in [0.15, 0.2) is 21.1 Å². The maximum atomic E-state index is 10.2. The molecule has 0 N–H and O–H groups in total. The third kappa shape index (κ3) is 1.35. The Balaban J connectivity index is 2.40. The molecular formula is C8H6N2O3. The molecule has 0 amide bonds. The predicted octanol–water partition coefficient (Wildman–Crippen LogP) is 1.45. The predicted molar refractivity (Wildman–Crippen MR) is 42.1 cm³/mol. The van der Waals surface area contributed by atoms with Crippen LogP contribution in [0.2, 0.25) is 0 Å². The summed E-state index contributed by atoms with van der Waals surface area (Å²) in [5.74, 6) is 1.49. The van der Waals surface area contributed by atoms with Crippen LogP contribution in [0.3, 0.4) is 0 Å². The lowest BCUT2D eigenvalue weighted by atomic mass is 10.4. The minimum atomic E-state index is -0.0518. The molecule has 0 aromatic carbocycles. The van der Waals surface area contributed by atoms with E-state index in [1.807, 2.05) is 6.92 Å². The van der Waals surface area contributed by atoms with Gasteiger partial charge in [-0.1, -0.05) is 5.16 Å². The number of furan rings is 1. The molecule has 2 aromatic rings. The molecule has 0 saturated carbocycles. The standard InChI is InChI=1S/C8H6N2O3/c1-5-2-3-6(12-5)8-9-7(4-11)13-10-8/h2-4H,1H3. The number of aryl methyl sites for hydroxylation is 1. The van der Waals surface area contributed by atoms with Crippen LogP contribution in [-0.4, -0.2) is 16.4 Å². The summed E-state index contributed by atoms with van der Waals surface area (Å²) in [5.41, 5.74) is 0. The Morgan fingerprint density at radius 3 is 2.85 bits per heavy atom. The minimum absolute atomic E-state index is 0.0518. The van der Waals surface area contributed by atoms with E-state index in [1.165, 1.54) is 0 Å². The Labute approximate surface area is 73.4 Å². The Morgan fingerprint density at radius 1 is 1.46 bits per heavy atom. The van der Waals surface area contributed by atoms with Crippen molar-refractivity contribution in [3.05, 3.63) is 23.8 Å². The van der Waals surface area contributed by atoms with Gasteiger partial charge in [-0.2, -0.15) is 4.98 Å². The maximum absolute atomic E-state index is 10.2. The van der Waals surface area contributed by atoms with E-state index in [2.05, 4.69) is 14.7 Å². The Hall–Kier alpha value is -1.91. The highest BCUT2D eigenvalue weighted by molar-refractivity contribution is 5.68. The van der Waals surface area contributed by atoms with Gasteiger partial charge in [-0.3, -0.25) is 4.79 Å². The monoisotopic (exact) mass is 178 g/mol. The van der Waals surface area contributed by atoms with Gasteiger partial charge in [-0.05, 0) is 19.1 Å². The molecule has 0 spiro atoms. The molecule has 0 saturated heterocycles. The molecule has 5 nitrogen and oxygen atoms in total. The van der Waals surface area contributed by atoms with E-state index in [9.17, 15) is 4.79 Å². The number of carbonyl (C=O) groups excluding carboxylic acids is 1. The molecule has 0 aliphatic carbocycles. The fourth-order valence-electron chi connectivity index (χ4n) is 0.938. The molecule has 0 aliphatic rings. The van der Waals surface area contributed by atoms with Crippen LogP contribution in [0.1, 0.15) is 16.4 Å². The summed E-state index contributed by atoms with van der Waals surface area (Å²) in [6.45, 7) is 1.81. The van der Waals surface area contributed by atoms with E-state index in [4.69, 9.17) is 4.42 Å². The van der Waals surface area contributed by atoms with Gasteiger partial charge in [0, 0.05) is 0 Å². The van der Waals surface area contributed by atoms with Crippen LogP contribution >= 0.6 is 0 Å². The topological polar surface area (TPSA) is 69.1 Å². The molecule has 2 rings (SSSR count). The molecule has 2 aromatic heterocycles. The summed E-state index contributed by atoms with van der Waals surface area (Å²) in [6.07, 6.45) is 0.492. The number of hydrogen-bond donors (Lipinski definition) is 0. The summed E-state index contributed by atoms with van der Waals surface area (Å²) >= 11 is 0. The summed E-state index contributed by atoms with van der Waals surface area (Å²) in [7, 11) is 0. The molecule has 0 atom stereocenters. The van der Waals surface area contributed by atoms with Crippen molar-refractivity contribution in [3.8, 4) is 11.6 Å². The van der Waals surface area contributed by atoms with Gasteiger partial charge in [0.05, 0.1) is 0 Å². The molecule has 2 heterocycles. The number of rotatable bonds is 2. The van der Waals surface area contributed by atoms with E-state index < -0.39 is 0 Å². The third-order valence-electron chi connectivity index (χ3n) is 1.50. The summed E-state index contributed by atoms with van der Waals surface area (Å²) in [6, 6.07) is 3.50. The van der Waals surface area contributed by atoms with Crippen molar-refractivity contribution in [1.82, 2.24) is 10.1 Å². The zero-order chi connectivity index (χ0) is 9.26. The van der Waals surface area contributed by atoms with Crippen molar-refractivity contribution in [2.75, 3.05) is 0 Å². The minimum Gasteiger partial charge on any atom is -0.458 e. The maximum Gasteiger partial charge on any atom is 0.291 e. The molecule has 0 unspecified atom stereocenters. The Morgan fingerprint density at radius 2 is 2.31 bits per heavy atom. The summed E-state index contributed by atoms with van der Waals surface area (Å²) in [5, 5.41) is 3.56. The van der Waals surface area contributed by atoms with Crippen LogP contribution in [0.5, 0.6) is 0 Å². The Kier molecular flexibility index (Phi) is 1.70. The van der Waals surface area contributed by atoms with Crippen molar-refractivity contribution >= 4 is 6.29 Å². The number of nitrogens with zero attached hydrogens (tertiary/aromatic N) is 2. The van der Waals surface area contributed by atoms with Gasteiger partial charge in [0.1, 0.15) is 5.76 Å². The highest BCUT2D eigenvalue weighted by atomic mass is 16.5. The van der Waals surface area contributed by atoms with Crippen LogP contribution in [0.4, 0.5) is 0 Å². The molecule has 0 fully saturated rings. The Bertz CT molecular complexity index is 430. The molecule has 13 heavy (non-hydrogen) atoms. The molecule has 0 bridgehead atoms. The highest BCUT2D eigenvalue weighted by Crippen LogP contribution is 2.17. The quantitative estimate of drug-likeness (QED) is 0.651. The molecular weight excluding hydrogens is 172 g/mol. The van der Waals surface area contributed by atoms with Crippen molar-refractivity contribution in [3.63, 3.8) is 0 Å². The first kappa shape index (κ1) is 7.72. The van der Waals surface area contributed by atoms with E-state index in [1.54, 1.807) is 12.1 Å². The SMILES string of the molecule is Cc1ccc(-c2noc(C=O)n2)o1. The first-order valence-corrected chi connectivity index (χ1v) is 3.65. The normalized spacial score (nSPS) is 10.2. The highest BCUT2D eigenvalue weighted by Gasteiger charge is 2.10. The number of hydrogen-bond acceptors (Lipinski definition) is 5.